The fourth-order valence-corrected chi connectivity index (χ4v) is 1.99. The molecule has 1 aromatic rings. The summed E-state index contributed by atoms with van der Waals surface area (Å²) in [7, 11) is 0. The van der Waals surface area contributed by atoms with Crippen molar-refractivity contribution in [3.05, 3.63) is 17.0 Å². The van der Waals surface area contributed by atoms with Crippen LogP contribution in [0.25, 0.3) is 0 Å². The molecule has 0 aliphatic carbocycles. The second kappa shape index (κ2) is 5.18. The van der Waals surface area contributed by atoms with Crippen molar-refractivity contribution in [2.75, 3.05) is 5.75 Å². The molecule has 1 heterocycles. The predicted octanol–water partition coefficient (Wildman–Crippen LogP) is 1.81. The Morgan fingerprint density at radius 1 is 1.69 bits per heavy atom. The van der Waals surface area contributed by atoms with Gasteiger partial charge in [-0.3, -0.25) is 4.79 Å². The Kier molecular flexibility index (Phi) is 4.17. The number of halogens is 1. The van der Waals surface area contributed by atoms with Crippen LogP contribution in [-0.2, 0) is 4.79 Å². The first-order chi connectivity index (χ1) is 6.20. The van der Waals surface area contributed by atoms with E-state index < -0.39 is 5.97 Å². The maximum atomic E-state index is 10.2. The third-order valence-corrected chi connectivity index (χ3v) is 3.04. The van der Waals surface area contributed by atoms with Crippen LogP contribution in [0.5, 0.6) is 0 Å². The Labute approximate surface area is 87.9 Å². The van der Waals surface area contributed by atoms with Gasteiger partial charge in [0.25, 0.3) is 0 Å². The van der Waals surface area contributed by atoms with Gasteiger partial charge in [0.1, 0.15) is 11.4 Å². The number of carbonyl (C=O) groups is 1. The lowest BCUT2D eigenvalue weighted by Gasteiger charge is -1.99. The van der Waals surface area contributed by atoms with Crippen molar-refractivity contribution in [1.29, 1.82) is 0 Å². The maximum absolute atomic E-state index is 10.2. The molecule has 0 saturated heterocycles. The quantitative estimate of drug-likeness (QED) is 0.663. The first-order valence-electron chi connectivity index (χ1n) is 3.50. The smallest absolute Gasteiger partial charge is 0.304 e. The summed E-state index contributed by atoms with van der Waals surface area (Å²) in [6, 6.07) is 0. The van der Waals surface area contributed by atoms with Crippen LogP contribution in [0.1, 0.15) is 6.42 Å². The number of nitrogens with zero attached hydrogens (tertiary/aromatic N) is 2. The number of aliphatic carboxylic acids is 1. The minimum atomic E-state index is -0.794. The predicted molar refractivity (Wildman–Crippen MR) is 52.7 cm³/mol. The molecule has 13 heavy (non-hydrogen) atoms. The van der Waals surface area contributed by atoms with Crippen LogP contribution in [0.4, 0.5) is 0 Å². The monoisotopic (exact) mass is 262 g/mol. The van der Waals surface area contributed by atoms with Crippen LogP contribution in [0.2, 0.25) is 0 Å². The normalized spacial score (nSPS) is 9.92. The molecule has 0 saturated carbocycles. The number of thioether (sulfide) groups is 1. The van der Waals surface area contributed by atoms with E-state index in [2.05, 4.69) is 25.9 Å². The van der Waals surface area contributed by atoms with Gasteiger partial charge in [0.05, 0.1) is 10.9 Å². The number of carboxylic acids is 1. The van der Waals surface area contributed by atoms with E-state index >= 15 is 0 Å². The Morgan fingerprint density at radius 3 is 3.08 bits per heavy atom. The lowest BCUT2D eigenvalue weighted by atomic mass is 10.5. The van der Waals surface area contributed by atoms with Gasteiger partial charge in [-0.1, -0.05) is 0 Å². The molecule has 0 aromatic carbocycles. The van der Waals surface area contributed by atoms with Gasteiger partial charge in [-0.15, -0.1) is 11.8 Å². The van der Waals surface area contributed by atoms with Crippen LogP contribution in [-0.4, -0.2) is 26.8 Å². The molecule has 70 valence electrons. The fraction of sp³-hybridized carbons (Fsp3) is 0.286. The van der Waals surface area contributed by atoms with Crippen LogP contribution in [0.15, 0.2) is 22.0 Å². The summed E-state index contributed by atoms with van der Waals surface area (Å²) in [4.78, 5) is 18.0. The van der Waals surface area contributed by atoms with E-state index in [4.69, 9.17) is 5.11 Å². The highest BCUT2D eigenvalue weighted by Crippen LogP contribution is 2.23. The van der Waals surface area contributed by atoms with Crippen molar-refractivity contribution in [3.8, 4) is 0 Å². The van der Waals surface area contributed by atoms with Gasteiger partial charge in [0.2, 0.25) is 0 Å². The maximum Gasteiger partial charge on any atom is 0.304 e. The van der Waals surface area contributed by atoms with Gasteiger partial charge in [-0.2, -0.15) is 0 Å². The number of rotatable bonds is 4. The van der Waals surface area contributed by atoms with Crippen molar-refractivity contribution in [3.63, 3.8) is 0 Å². The number of aromatic nitrogens is 2. The third kappa shape index (κ3) is 3.73. The van der Waals surface area contributed by atoms with Gasteiger partial charge in [0, 0.05) is 11.9 Å². The number of hydrogen-bond acceptors (Lipinski definition) is 4. The molecule has 1 aromatic heterocycles. The minimum absolute atomic E-state index is 0.140. The van der Waals surface area contributed by atoms with E-state index in [1.54, 1.807) is 6.20 Å². The van der Waals surface area contributed by atoms with Gasteiger partial charge < -0.3 is 5.11 Å². The van der Waals surface area contributed by atoms with Crippen LogP contribution < -0.4 is 0 Å². The molecule has 0 aliphatic heterocycles. The average molecular weight is 263 g/mol. The second-order valence-electron chi connectivity index (χ2n) is 2.17. The number of carboxylic acid groups (broad SMARTS) is 1. The largest absolute Gasteiger partial charge is 0.481 e. The summed E-state index contributed by atoms with van der Waals surface area (Å²) in [5.74, 6) is -0.275. The zero-order chi connectivity index (χ0) is 9.68. The van der Waals surface area contributed by atoms with Gasteiger partial charge in [0.15, 0.2) is 0 Å². The first kappa shape index (κ1) is 10.5. The van der Waals surface area contributed by atoms with Gasteiger partial charge in [-0.25, -0.2) is 9.97 Å². The average Bonchev–Trinajstić information content (AvgIpc) is 2.08. The van der Waals surface area contributed by atoms with Crippen molar-refractivity contribution in [2.24, 2.45) is 0 Å². The number of hydrogen-bond donors (Lipinski definition) is 1. The lowest BCUT2D eigenvalue weighted by Crippen LogP contribution is -1.96. The highest BCUT2D eigenvalue weighted by molar-refractivity contribution is 9.10. The van der Waals surface area contributed by atoms with Crippen molar-refractivity contribution in [1.82, 2.24) is 9.97 Å². The third-order valence-electron chi connectivity index (χ3n) is 1.19. The van der Waals surface area contributed by atoms with Crippen LogP contribution in [0, 0.1) is 0 Å². The molecule has 0 unspecified atom stereocenters. The summed E-state index contributed by atoms with van der Waals surface area (Å²) >= 11 is 4.67. The zero-order valence-electron chi connectivity index (χ0n) is 6.61. The molecule has 0 radical (unpaired) electrons. The van der Waals surface area contributed by atoms with Gasteiger partial charge in [-0.05, 0) is 15.9 Å². The van der Waals surface area contributed by atoms with Gasteiger partial charge >= 0.3 is 5.97 Å². The molecular weight excluding hydrogens is 256 g/mol. The summed E-state index contributed by atoms with van der Waals surface area (Å²) in [5, 5.41) is 9.18. The van der Waals surface area contributed by atoms with E-state index in [0.717, 1.165) is 9.50 Å². The summed E-state index contributed by atoms with van der Waals surface area (Å²) in [6.45, 7) is 0. The molecule has 0 spiro atoms. The Balaban J connectivity index is 2.45. The second-order valence-corrected chi connectivity index (χ2v) is 4.11. The topological polar surface area (TPSA) is 63.1 Å². The van der Waals surface area contributed by atoms with E-state index in [9.17, 15) is 4.79 Å². The first-order valence-corrected chi connectivity index (χ1v) is 5.28. The molecule has 0 fully saturated rings. The van der Waals surface area contributed by atoms with Crippen LogP contribution in [0.3, 0.4) is 0 Å². The Bertz CT molecular complexity index is 308. The highest BCUT2D eigenvalue weighted by atomic mass is 79.9. The molecule has 0 atom stereocenters. The van der Waals surface area contributed by atoms with E-state index in [1.807, 2.05) is 0 Å². The standard InChI is InChI=1S/C7H7BrN2O2S/c8-5-3-9-4-10-7(5)13-2-1-6(11)12/h3-4H,1-2H2,(H,11,12). The Morgan fingerprint density at radius 2 is 2.46 bits per heavy atom. The van der Waals surface area contributed by atoms with Crippen molar-refractivity contribution < 1.29 is 9.90 Å². The molecule has 0 bridgehead atoms. The summed E-state index contributed by atoms with van der Waals surface area (Å²) in [6.07, 6.45) is 3.21. The van der Waals surface area contributed by atoms with Crippen molar-refractivity contribution in [2.45, 2.75) is 11.4 Å². The molecule has 1 rings (SSSR count). The molecule has 6 heteroatoms. The van der Waals surface area contributed by atoms with E-state index in [1.165, 1.54) is 18.1 Å². The molecule has 0 aliphatic rings. The lowest BCUT2D eigenvalue weighted by molar-refractivity contribution is -0.136. The molecule has 4 nitrogen and oxygen atoms in total. The molecule has 1 N–H and O–H groups in total. The molecule has 0 amide bonds. The van der Waals surface area contributed by atoms with E-state index in [0.29, 0.717) is 5.75 Å². The highest BCUT2D eigenvalue weighted by Gasteiger charge is 2.03. The summed E-state index contributed by atoms with van der Waals surface area (Å²) in [5.41, 5.74) is 0. The molecular formula is C7H7BrN2O2S. The van der Waals surface area contributed by atoms with E-state index in [-0.39, 0.29) is 6.42 Å². The Hall–Kier alpha value is -0.620. The summed E-state index contributed by atoms with van der Waals surface area (Å²) < 4.78 is 0.797. The fourth-order valence-electron chi connectivity index (χ4n) is 0.643. The zero-order valence-corrected chi connectivity index (χ0v) is 9.01. The SMILES string of the molecule is O=C(O)CCSc1ncncc1Br. The van der Waals surface area contributed by atoms with Crippen molar-refractivity contribution >= 4 is 33.7 Å². The minimum Gasteiger partial charge on any atom is -0.481 e. The van der Waals surface area contributed by atoms with Crippen LogP contribution >= 0.6 is 27.7 Å².